The number of sulfonamides is 1. The maximum absolute atomic E-state index is 13.9. The number of H-pyrrole nitrogens is 1. The van der Waals surface area contributed by atoms with Crippen LogP contribution in [0.1, 0.15) is 50.0 Å². The van der Waals surface area contributed by atoms with Gasteiger partial charge in [-0.05, 0) is 80.2 Å². The van der Waals surface area contributed by atoms with Crippen LogP contribution in [0.15, 0.2) is 48.9 Å². The highest BCUT2D eigenvalue weighted by Crippen LogP contribution is 2.40. The summed E-state index contributed by atoms with van der Waals surface area (Å²) in [5.41, 5.74) is 3.00. The van der Waals surface area contributed by atoms with Crippen LogP contribution < -0.4 is 4.74 Å². The van der Waals surface area contributed by atoms with E-state index in [-0.39, 0.29) is 29.9 Å². The second-order valence-corrected chi connectivity index (χ2v) is 12.9. The van der Waals surface area contributed by atoms with E-state index in [1.54, 1.807) is 4.31 Å². The van der Waals surface area contributed by atoms with Crippen LogP contribution in [0, 0.1) is 23.5 Å². The van der Waals surface area contributed by atoms with Crippen LogP contribution in [-0.2, 0) is 10.0 Å². The third kappa shape index (κ3) is 5.49. The molecule has 2 fully saturated rings. The van der Waals surface area contributed by atoms with Crippen LogP contribution in [0.4, 0.5) is 8.78 Å². The van der Waals surface area contributed by atoms with Gasteiger partial charge in [0.05, 0.1) is 24.1 Å². The van der Waals surface area contributed by atoms with E-state index in [4.69, 9.17) is 4.74 Å². The van der Waals surface area contributed by atoms with Gasteiger partial charge in [-0.1, -0.05) is 0 Å². The lowest BCUT2D eigenvalue weighted by molar-refractivity contribution is 0.175. The fourth-order valence-corrected chi connectivity index (χ4v) is 8.26. The lowest BCUT2D eigenvalue weighted by Gasteiger charge is -2.34. The van der Waals surface area contributed by atoms with E-state index in [9.17, 15) is 17.2 Å². The van der Waals surface area contributed by atoms with Gasteiger partial charge in [0.25, 0.3) is 0 Å². The summed E-state index contributed by atoms with van der Waals surface area (Å²) in [6, 6.07) is 7.35. The van der Waals surface area contributed by atoms with Crippen molar-refractivity contribution in [1.82, 2.24) is 19.3 Å². The molecule has 1 aromatic carbocycles. The SMILES string of the molecule is O=S(=O)(CC1CCC(c2ccnc3cnc4[nH]ccc4c23)CC1)N1CCCC(COc2ccc(F)cc2F)C1. The predicted molar refractivity (Wildman–Crippen MR) is 146 cm³/mol. The molecule has 6 rings (SSSR count). The van der Waals surface area contributed by atoms with Crippen LogP contribution in [0.5, 0.6) is 5.75 Å². The summed E-state index contributed by atoms with van der Waals surface area (Å²) in [5, 5.41) is 2.22. The lowest BCUT2D eigenvalue weighted by Crippen LogP contribution is -2.43. The van der Waals surface area contributed by atoms with Gasteiger partial charge in [0.15, 0.2) is 11.6 Å². The summed E-state index contributed by atoms with van der Waals surface area (Å²) in [4.78, 5) is 12.2. The van der Waals surface area contributed by atoms with Gasteiger partial charge >= 0.3 is 0 Å². The van der Waals surface area contributed by atoms with Gasteiger partial charge < -0.3 is 9.72 Å². The Kier molecular flexibility index (Phi) is 7.24. The Hall–Kier alpha value is -3.11. The minimum absolute atomic E-state index is 0.0105. The van der Waals surface area contributed by atoms with Gasteiger partial charge in [0.2, 0.25) is 10.0 Å². The first-order valence-corrected chi connectivity index (χ1v) is 15.2. The fourth-order valence-electron chi connectivity index (χ4n) is 6.28. The van der Waals surface area contributed by atoms with Gasteiger partial charge in [-0.3, -0.25) is 4.98 Å². The van der Waals surface area contributed by atoms with Crippen LogP contribution in [0.25, 0.3) is 21.9 Å². The smallest absolute Gasteiger partial charge is 0.214 e. The number of aromatic amines is 1. The molecule has 1 aliphatic heterocycles. The number of fused-ring (bicyclic) bond motifs is 3. The highest BCUT2D eigenvalue weighted by Gasteiger charge is 2.33. The molecule has 3 aromatic heterocycles. The predicted octanol–water partition coefficient (Wildman–Crippen LogP) is 5.78. The number of pyridine rings is 2. The van der Waals surface area contributed by atoms with Gasteiger partial charge in [0.1, 0.15) is 11.5 Å². The molecule has 39 heavy (non-hydrogen) atoms. The molecule has 0 radical (unpaired) electrons. The fraction of sp³-hybridized carbons (Fsp3) is 0.448. The second kappa shape index (κ2) is 10.8. The molecule has 206 valence electrons. The van der Waals surface area contributed by atoms with E-state index in [0.717, 1.165) is 72.6 Å². The summed E-state index contributed by atoms with van der Waals surface area (Å²) in [5.74, 6) is -0.815. The Morgan fingerprint density at radius 3 is 2.69 bits per heavy atom. The van der Waals surface area contributed by atoms with Crippen molar-refractivity contribution < 1.29 is 21.9 Å². The number of hydrogen-bond acceptors (Lipinski definition) is 5. The Morgan fingerprint density at radius 2 is 1.87 bits per heavy atom. The first kappa shape index (κ1) is 26.1. The van der Waals surface area contributed by atoms with Gasteiger partial charge in [-0.15, -0.1) is 0 Å². The molecule has 4 heterocycles. The number of rotatable bonds is 7. The van der Waals surface area contributed by atoms with E-state index in [1.165, 1.54) is 11.6 Å². The molecule has 1 saturated heterocycles. The molecule has 1 aliphatic carbocycles. The molecular formula is C29H32F2N4O3S. The van der Waals surface area contributed by atoms with Crippen molar-refractivity contribution in [3.05, 3.63) is 66.1 Å². The number of halogens is 2. The number of piperidine rings is 1. The Morgan fingerprint density at radius 1 is 1.03 bits per heavy atom. The van der Waals surface area contributed by atoms with Crippen molar-refractivity contribution in [2.75, 3.05) is 25.4 Å². The molecule has 0 spiro atoms. The van der Waals surface area contributed by atoms with Crippen molar-refractivity contribution in [1.29, 1.82) is 0 Å². The maximum Gasteiger partial charge on any atom is 0.214 e. The van der Waals surface area contributed by atoms with Crippen LogP contribution in [0.3, 0.4) is 0 Å². The number of ether oxygens (including phenoxy) is 1. The minimum Gasteiger partial charge on any atom is -0.490 e. The zero-order valence-corrected chi connectivity index (χ0v) is 22.5. The number of aromatic nitrogens is 3. The molecule has 1 N–H and O–H groups in total. The summed E-state index contributed by atoms with van der Waals surface area (Å²) in [6.07, 6.45) is 10.7. The molecular weight excluding hydrogens is 522 g/mol. The standard InChI is InChI=1S/C29H32F2N4O3S/c30-22-7-8-27(25(31)14-22)38-17-20-2-1-13-35(16-20)39(36,37)18-19-3-5-21(6-4-19)23-9-11-32-26-15-34-29-24(28(23)26)10-12-33-29/h7-12,14-15,19-21H,1-6,13,16-18H2,(H,33,34). The topological polar surface area (TPSA) is 88.2 Å². The van der Waals surface area contributed by atoms with Crippen LogP contribution in [0.2, 0.25) is 0 Å². The Balaban J connectivity index is 1.07. The molecule has 0 amide bonds. The molecule has 1 saturated carbocycles. The largest absolute Gasteiger partial charge is 0.490 e. The average Bonchev–Trinajstić information content (AvgIpc) is 3.42. The van der Waals surface area contributed by atoms with E-state index in [2.05, 4.69) is 21.0 Å². The summed E-state index contributed by atoms with van der Waals surface area (Å²) >= 11 is 0. The number of hydrogen-bond donors (Lipinski definition) is 1. The highest BCUT2D eigenvalue weighted by molar-refractivity contribution is 7.89. The van der Waals surface area contributed by atoms with Crippen molar-refractivity contribution in [3.8, 4) is 5.75 Å². The third-order valence-electron chi connectivity index (χ3n) is 8.30. The van der Waals surface area contributed by atoms with Crippen molar-refractivity contribution in [3.63, 3.8) is 0 Å². The number of nitrogens with one attached hydrogen (secondary N) is 1. The van der Waals surface area contributed by atoms with Gasteiger partial charge in [-0.25, -0.2) is 26.5 Å². The first-order valence-electron chi connectivity index (χ1n) is 13.6. The Labute approximate surface area is 226 Å². The normalized spacial score (nSPS) is 22.9. The molecule has 10 heteroatoms. The Bertz CT molecular complexity index is 1580. The minimum atomic E-state index is -3.42. The van der Waals surface area contributed by atoms with Crippen molar-refractivity contribution in [2.45, 2.75) is 44.4 Å². The zero-order valence-electron chi connectivity index (χ0n) is 21.7. The van der Waals surface area contributed by atoms with E-state index >= 15 is 0 Å². The van der Waals surface area contributed by atoms with Crippen LogP contribution >= 0.6 is 0 Å². The molecule has 1 unspecified atom stereocenters. The number of benzene rings is 1. The van der Waals surface area contributed by atoms with Gasteiger partial charge in [-0.2, -0.15) is 0 Å². The maximum atomic E-state index is 13.9. The molecule has 1 atom stereocenters. The van der Waals surface area contributed by atoms with Gasteiger partial charge in [0, 0.05) is 48.2 Å². The quantitative estimate of drug-likeness (QED) is 0.313. The van der Waals surface area contributed by atoms with Crippen molar-refractivity contribution >= 4 is 32.0 Å². The monoisotopic (exact) mass is 554 g/mol. The third-order valence-corrected chi connectivity index (χ3v) is 10.3. The molecule has 4 aromatic rings. The average molecular weight is 555 g/mol. The molecule has 2 aliphatic rings. The summed E-state index contributed by atoms with van der Waals surface area (Å²) in [6.45, 7) is 1.07. The van der Waals surface area contributed by atoms with E-state index in [0.29, 0.717) is 19.0 Å². The van der Waals surface area contributed by atoms with E-state index < -0.39 is 21.7 Å². The first-order chi connectivity index (χ1) is 18.9. The van der Waals surface area contributed by atoms with Crippen molar-refractivity contribution in [2.24, 2.45) is 11.8 Å². The summed E-state index contributed by atoms with van der Waals surface area (Å²) in [7, 11) is -3.42. The summed E-state index contributed by atoms with van der Waals surface area (Å²) < 4.78 is 61.0. The highest BCUT2D eigenvalue weighted by atomic mass is 32.2. The number of nitrogens with zero attached hydrogens (tertiary/aromatic N) is 3. The zero-order chi connectivity index (χ0) is 27.0. The van der Waals surface area contributed by atoms with E-state index in [1.807, 2.05) is 24.7 Å². The molecule has 7 nitrogen and oxygen atoms in total. The second-order valence-electron chi connectivity index (χ2n) is 10.9. The lowest BCUT2D eigenvalue weighted by atomic mass is 9.78. The molecule has 0 bridgehead atoms. The van der Waals surface area contributed by atoms with Crippen LogP contribution in [-0.4, -0.2) is 53.1 Å².